The molecule has 3 heteroatoms. The number of esters is 1. The zero-order valence-electron chi connectivity index (χ0n) is 15.0. The Balaban J connectivity index is 2.00. The molecule has 0 amide bonds. The van der Waals surface area contributed by atoms with Gasteiger partial charge in [-0.25, -0.2) is 4.79 Å². The summed E-state index contributed by atoms with van der Waals surface area (Å²) in [5.41, 5.74) is 2.83. The fourth-order valence-corrected chi connectivity index (χ4v) is 2.39. The van der Waals surface area contributed by atoms with Crippen LogP contribution in [0.1, 0.15) is 44.2 Å². The van der Waals surface area contributed by atoms with Crippen molar-refractivity contribution < 1.29 is 14.3 Å². The zero-order valence-corrected chi connectivity index (χ0v) is 15.0. The van der Waals surface area contributed by atoms with Gasteiger partial charge in [-0.05, 0) is 42.2 Å². The summed E-state index contributed by atoms with van der Waals surface area (Å²) in [4.78, 5) is 12.1. The Morgan fingerprint density at radius 2 is 1.68 bits per heavy atom. The van der Waals surface area contributed by atoms with Gasteiger partial charge >= 0.3 is 5.97 Å². The van der Waals surface area contributed by atoms with Crippen LogP contribution in [0, 0.1) is 0 Å². The minimum atomic E-state index is -0.215. The lowest BCUT2D eigenvalue weighted by Gasteiger charge is -2.08. The van der Waals surface area contributed by atoms with Gasteiger partial charge in [-0.15, -0.1) is 0 Å². The number of rotatable bonds is 9. The van der Waals surface area contributed by atoms with E-state index < -0.39 is 0 Å². The molecule has 0 atom stereocenters. The average Bonchev–Trinajstić information content (AvgIpc) is 2.66. The van der Waals surface area contributed by atoms with Crippen molar-refractivity contribution in [1.29, 1.82) is 0 Å². The van der Waals surface area contributed by atoms with Crippen molar-refractivity contribution in [3.63, 3.8) is 0 Å². The molecule has 2 aromatic rings. The third kappa shape index (κ3) is 6.46. The molecule has 2 rings (SSSR count). The van der Waals surface area contributed by atoms with Crippen LogP contribution < -0.4 is 4.74 Å². The number of hydrogen-bond acceptors (Lipinski definition) is 3. The van der Waals surface area contributed by atoms with E-state index in [9.17, 15) is 4.79 Å². The number of benzene rings is 2. The van der Waals surface area contributed by atoms with Crippen molar-refractivity contribution in [3.05, 3.63) is 71.3 Å². The topological polar surface area (TPSA) is 35.5 Å². The first kappa shape index (κ1) is 18.8. The van der Waals surface area contributed by atoms with Crippen molar-refractivity contribution in [2.75, 3.05) is 6.61 Å². The van der Waals surface area contributed by atoms with Crippen LogP contribution in [0.5, 0.6) is 5.75 Å². The second-order valence-electron chi connectivity index (χ2n) is 5.90. The van der Waals surface area contributed by atoms with Crippen LogP contribution >= 0.6 is 0 Å². The molecule has 3 nitrogen and oxygen atoms in total. The molecule has 0 unspecified atom stereocenters. The van der Waals surface area contributed by atoms with Crippen LogP contribution in [-0.2, 0) is 16.1 Å². The second kappa shape index (κ2) is 10.3. The molecular weight excluding hydrogens is 312 g/mol. The molecule has 0 aliphatic carbocycles. The average molecular weight is 338 g/mol. The molecule has 0 saturated carbocycles. The Morgan fingerprint density at radius 1 is 0.960 bits per heavy atom. The minimum absolute atomic E-state index is 0.215. The molecule has 2 aromatic carbocycles. The highest BCUT2D eigenvalue weighted by molar-refractivity contribution is 5.93. The lowest BCUT2D eigenvalue weighted by atomic mass is 10.1. The van der Waals surface area contributed by atoms with Gasteiger partial charge in [-0.3, -0.25) is 0 Å². The molecule has 0 fully saturated rings. The Labute approximate surface area is 150 Å². The van der Waals surface area contributed by atoms with Gasteiger partial charge in [0.25, 0.3) is 0 Å². The van der Waals surface area contributed by atoms with E-state index in [0.29, 0.717) is 18.8 Å². The number of carbonyl (C=O) groups is 1. The second-order valence-corrected chi connectivity index (χ2v) is 5.90. The largest absolute Gasteiger partial charge is 0.489 e. The Kier molecular flexibility index (Phi) is 7.77. The van der Waals surface area contributed by atoms with Crippen molar-refractivity contribution in [2.45, 2.75) is 39.7 Å². The first-order valence-corrected chi connectivity index (χ1v) is 8.87. The van der Waals surface area contributed by atoms with Crippen molar-refractivity contribution in [1.82, 2.24) is 0 Å². The highest BCUT2D eigenvalue weighted by atomic mass is 16.5. The first-order chi connectivity index (χ1) is 12.2. The zero-order chi connectivity index (χ0) is 17.9. The molecule has 0 N–H and O–H groups in total. The molecule has 0 bridgehead atoms. The van der Waals surface area contributed by atoms with Gasteiger partial charge in [0.2, 0.25) is 0 Å². The monoisotopic (exact) mass is 338 g/mol. The first-order valence-electron chi connectivity index (χ1n) is 8.87. The highest BCUT2D eigenvalue weighted by Gasteiger charge is 2.10. The summed E-state index contributed by atoms with van der Waals surface area (Å²) < 4.78 is 11.0. The predicted octanol–water partition coefficient (Wildman–Crippen LogP) is 5.40. The van der Waals surface area contributed by atoms with E-state index in [2.05, 4.69) is 6.92 Å². The summed E-state index contributed by atoms with van der Waals surface area (Å²) in [7, 11) is 0. The standard InChI is InChI=1S/C22H26O3/c1-3-8-20(22(23)24-15-4-2)16-18-11-13-21(14-12-18)25-17-19-9-6-5-7-10-19/h5-7,9-14,16H,3-4,8,15,17H2,1-2H3. The molecule has 132 valence electrons. The summed E-state index contributed by atoms with van der Waals surface area (Å²) in [6.45, 7) is 5.05. The van der Waals surface area contributed by atoms with E-state index >= 15 is 0 Å². The highest BCUT2D eigenvalue weighted by Crippen LogP contribution is 2.18. The van der Waals surface area contributed by atoms with Crippen LogP contribution in [0.15, 0.2) is 60.2 Å². The van der Waals surface area contributed by atoms with Gasteiger partial charge in [-0.2, -0.15) is 0 Å². The van der Waals surface area contributed by atoms with Crippen LogP contribution in [0.25, 0.3) is 6.08 Å². The molecule has 0 spiro atoms. The minimum Gasteiger partial charge on any atom is -0.489 e. The smallest absolute Gasteiger partial charge is 0.334 e. The summed E-state index contributed by atoms with van der Waals surface area (Å²) in [6, 6.07) is 17.8. The molecule has 25 heavy (non-hydrogen) atoms. The maximum atomic E-state index is 12.1. The lowest BCUT2D eigenvalue weighted by Crippen LogP contribution is -2.08. The molecule has 0 heterocycles. The van der Waals surface area contributed by atoms with E-state index in [1.54, 1.807) is 0 Å². The van der Waals surface area contributed by atoms with Crippen molar-refractivity contribution >= 4 is 12.0 Å². The van der Waals surface area contributed by atoms with Crippen LogP contribution in [0.2, 0.25) is 0 Å². The molecule has 0 aliphatic rings. The fraction of sp³-hybridized carbons (Fsp3) is 0.318. The van der Waals surface area contributed by atoms with Crippen molar-refractivity contribution in [3.8, 4) is 5.75 Å². The molecule has 0 saturated heterocycles. The molecule has 0 aromatic heterocycles. The quantitative estimate of drug-likeness (QED) is 0.453. The van der Waals surface area contributed by atoms with Gasteiger partial charge < -0.3 is 9.47 Å². The molecular formula is C22H26O3. The molecule has 0 radical (unpaired) electrons. The Bertz CT molecular complexity index is 672. The summed E-state index contributed by atoms with van der Waals surface area (Å²) in [6.07, 6.45) is 4.36. The number of carbonyl (C=O) groups excluding carboxylic acids is 1. The van der Waals surface area contributed by atoms with Gasteiger partial charge in [0, 0.05) is 5.57 Å². The van der Waals surface area contributed by atoms with Crippen LogP contribution in [0.4, 0.5) is 0 Å². The van der Waals surface area contributed by atoms with E-state index in [0.717, 1.165) is 36.1 Å². The summed E-state index contributed by atoms with van der Waals surface area (Å²) in [5.74, 6) is 0.597. The van der Waals surface area contributed by atoms with Gasteiger partial charge in [0.15, 0.2) is 0 Å². The van der Waals surface area contributed by atoms with E-state index in [4.69, 9.17) is 9.47 Å². The van der Waals surface area contributed by atoms with Crippen LogP contribution in [-0.4, -0.2) is 12.6 Å². The van der Waals surface area contributed by atoms with Gasteiger partial charge in [-0.1, -0.05) is 62.7 Å². The number of ether oxygens (including phenoxy) is 2. The van der Waals surface area contributed by atoms with Crippen LogP contribution in [0.3, 0.4) is 0 Å². The maximum absolute atomic E-state index is 12.1. The third-order valence-electron chi connectivity index (χ3n) is 3.69. The fourth-order valence-electron chi connectivity index (χ4n) is 2.39. The summed E-state index contributed by atoms with van der Waals surface area (Å²) in [5, 5.41) is 0. The van der Waals surface area contributed by atoms with Crippen molar-refractivity contribution in [2.24, 2.45) is 0 Å². The number of hydrogen-bond donors (Lipinski definition) is 0. The van der Waals surface area contributed by atoms with E-state index in [1.807, 2.05) is 67.6 Å². The Morgan fingerprint density at radius 3 is 2.32 bits per heavy atom. The normalized spacial score (nSPS) is 11.2. The van der Waals surface area contributed by atoms with Gasteiger partial charge in [0.1, 0.15) is 12.4 Å². The SMILES string of the molecule is CCCOC(=O)C(=Cc1ccc(OCc2ccccc2)cc1)CCC. The molecule has 0 aliphatic heterocycles. The maximum Gasteiger partial charge on any atom is 0.334 e. The lowest BCUT2D eigenvalue weighted by molar-refractivity contribution is -0.139. The summed E-state index contributed by atoms with van der Waals surface area (Å²) >= 11 is 0. The predicted molar refractivity (Wildman–Crippen MR) is 101 cm³/mol. The van der Waals surface area contributed by atoms with Gasteiger partial charge in [0.05, 0.1) is 6.61 Å². The van der Waals surface area contributed by atoms with E-state index in [-0.39, 0.29) is 5.97 Å². The van der Waals surface area contributed by atoms with E-state index in [1.165, 1.54) is 0 Å². The third-order valence-corrected chi connectivity index (χ3v) is 3.69. The Hall–Kier alpha value is -2.55.